The van der Waals surface area contributed by atoms with Crippen molar-refractivity contribution in [2.75, 3.05) is 7.11 Å². The molecule has 1 rings (SSSR count). The molecule has 5 heteroatoms. The lowest BCUT2D eigenvalue weighted by Crippen LogP contribution is -2.34. The number of aliphatic hydroxyl groups is 1. The van der Waals surface area contributed by atoms with Gasteiger partial charge in [0.15, 0.2) is 0 Å². The van der Waals surface area contributed by atoms with Gasteiger partial charge in [0.2, 0.25) is 5.91 Å². The van der Waals surface area contributed by atoms with Gasteiger partial charge in [-0.1, -0.05) is 0 Å². The van der Waals surface area contributed by atoms with E-state index in [0.717, 1.165) is 0 Å². The average Bonchev–Trinajstić information content (AvgIpc) is 2.31. The Labute approximate surface area is 63.3 Å². The quantitative estimate of drug-likeness (QED) is 0.452. The summed E-state index contributed by atoms with van der Waals surface area (Å²) in [5, 5.41) is 11.2. The van der Waals surface area contributed by atoms with Crippen molar-refractivity contribution >= 4 is 11.9 Å². The summed E-state index contributed by atoms with van der Waals surface area (Å²) in [5.41, 5.74) is 0. The molecule has 0 spiro atoms. The Morgan fingerprint density at radius 1 is 1.82 bits per heavy atom. The molecule has 1 aliphatic rings. The molecule has 0 aliphatic carbocycles. The van der Waals surface area contributed by atoms with E-state index in [0.29, 0.717) is 0 Å². The first-order valence-electron chi connectivity index (χ1n) is 3.21. The first-order valence-corrected chi connectivity index (χ1v) is 3.21. The van der Waals surface area contributed by atoms with Gasteiger partial charge in [-0.15, -0.1) is 0 Å². The maximum absolute atomic E-state index is 10.8. The van der Waals surface area contributed by atoms with Crippen molar-refractivity contribution in [3.8, 4) is 0 Å². The summed E-state index contributed by atoms with van der Waals surface area (Å²) in [5.74, 6) is -1.03. The standard InChI is InChI=1S/C6H9NO4/c1-11-6(10)3-2-4(8)5(9)7-3/h3-4,8H,2H2,1H3,(H,7,9)/t3-,4+/m0/s1. The van der Waals surface area contributed by atoms with Crippen LogP contribution in [0.3, 0.4) is 0 Å². The van der Waals surface area contributed by atoms with Crippen LogP contribution < -0.4 is 5.32 Å². The highest BCUT2D eigenvalue weighted by Gasteiger charge is 2.35. The summed E-state index contributed by atoms with van der Waals surface area (Å²) in [6.07, 6.45) is -0.968. The first kappa shape index (κ1) is 8.00. The minimum atomic E-state index is -1.07. The van der Waals surface area contributed by atoms with Gasteiger partial charge in [-0.2, -0.15) is 0 Å². The zero-order chi connectivity index (χ0) is 8.43. The van der Waals surface area contributed by atoms with Crippen LogP contribution in [-0.4, -0.2) is 36.2 Å². The largest absolute Gasteiger partial charge is 0.467 e. The monoisotopic (exact) mass is 159 g/mol. The van der Waals surface area contributed by atoms with Crippen molar-refractivity contribution in [2.24, 2.45) is 0 Å². The molecule has 0 unspecified atom stereocenters. The van der Waals surface area contributed by atoms with E-state index >= 15 is 0 Å². The highest BCUT2D eigenvalue weighted by Crippen LogP contribution is 2.08. The van der Waals surface area contributed by atoms with Gasteiger partial charge >= 0.3 is 5.97 Å². The lowest BCUT2D eigenvalue weighted by atomic mass is 10.2. The number of aliphatic hydroxyl groups excluding tert-OH is 1. The number of hydrogen-bond acceptors (Lipinski definition) is 4. The fourth-order valence-corrected chi connectivity index (χ4v) is 0.955. The molecule has 1 fully saturated rings. The van der Waals surface area contributed by atoms with Crippen LogP contribution in [0.5, 0.6) is 0 Å². The van der Waals surface area contributed by atoms with E-state index in [4.69, 9.17) is 5.11 Å². The zero-order valence-electron chi connectivity index (χ0n) is 6.03. The Hall–Kier alpha value is -1.10. The number of esters is 1. The van der Waals surface area contributed by atoms with Gasteiger partial charge in [0.25, 0.3) is 0 Å². The molecule has 1 amide bonds. The molecule has 0 aromatic heterocycles. The number of methoxy groups -OCH3 is 1. The summed E-state index contributed by atoms with van der Waals surface area (Å²) >= 11 is 0. The average molecular weight is 159 g/mol. The van der Waals surface area contributed by atoms with Crippen LogP contribution in [0.15, 0.2) is 0 Å². The molecule has 0 bridgehead atoms. The predicted octanol–water partition coefficient (Wildman–Crippen LogP) is -1.59. The Bertz CT molecular complexity index is 191. The van der Waals surface area contributed by atoms with Gasteiger partial charge in [-0.3, -0.25) is 4.79 Å². The number of rotatable bonds is 1. The van der Waals surface area contributed by atoms with Crippen LogP contribution in [0.2, 0.25) is 0 Å². The molecule has 0 aromatic rings. The minimum absolute atomic E-state index is 0.103. The number of carbonyl (C=O) groups is 2. The van der Waals surface area contributed by atoms with Gasteiger partial charge in [0.1, 0.15) is 12.1 Å². The smallest absolute Gasteiger partial charge is 0.328 e. The van der Waals surface area contributed by atoms with Crippen molar-refractivity contribution in [3.63, 3.8) is 0 Å². The maximum atomic E-state index is 10.8. The highest BCUT2D eigenvalue weighted by atomic mass is 16.5. The summed E-state index contributed by atoms with van der Waals surface area (Å²) in [6, 6.07) is -0.678. The molecule has 2 atom stereocenters. The third-order valence-corrected chi connectivity index (χ3v) is 1.56. The molecule has 0 saturated carbocycles. The highest BCUT2D eigenvalue weighted by molar-refractivity contribution is 5.90. The van der Waals surface area contributed by atoms with E-state index in [9.17, 15) is 9.59 Å². The molecule has 11 heavy (non-hydrogen) atoms. The summed E-state index contributed by atoms with van der Waals surface area (Å²) < 4.78 is 4.37. The van der Waals surface area contributed by atoms with E-state index in [1.807, 2.05) is 0 Å². The predicted molar refractivity (Wildman–Crippen MR) is 34.6 cm³/mol. The minimum Gasteiger partial charge on any atom is -0.467 e. The molecular weight excluding hydrogens is 150 g/mol. The van der Waals surface area contributed by atoms with Crippen LogP contribution in [0.1, 0.15) is 6.42 Å². The van der Waals surface area contributed by atoms with Gasteiger partial charge in [-0.05, 0) is 0 Å². The van der Waals surface area contributed by atoms with Crippen molar-refractivity contribution in [1.82, 2.24) is 5.32 Å². The lowest BCUT2D eigenvalue weighted by molar-refractivity contribution is -0.143. The van der Waals surface area contributed by atoms with Crippen molar-refractivity contribution in [3.05, 3.63) is 0 Å². The van der Waals surface area contributed by atoms with Gasteiger partial charge in [0.05, 0.1) is 7.11 Å². The fourth-order valence-electron chi connectivity index (χ4n) is 0.955. The number of carbonyl (C=O) groups excluding carboxylic acids is 2. The second kappa shape index (κ2) is 2.87. The topological polar surface area (TPSA) is 75.6 Å². The Balaban J connectivity index is 2.53. The van der Waals surface area contributed by atoms with Crippen LogP contribution in [-0.2, 0) is 14.3 Å². The van der Waals surface area contributed by atoms with Crippen molar-refractivity contribution < 1.29 is 19.4 Å². The molecule has 2 N–H and O–H groups in total. The Morgan fingerprint density at radius 3 is 2.82 bits per heavy atom. The Kier molecular flexibility index (Phi) is 2.09. The second-order valence-electron chi connectivity index (χ2n) is 2.34. The molecule has 0 aromatic carbocycles. The maximum Gasteiger partial charge on any atom is 0.328 e. The lowest BCUT2D eigenvalue weighted by Gasteiger charge is -2.04. The van der Waals surface area contributed by atoms with Crippen LogP contribution in [0.25, 0.3) is 0 Å². The second-order valence-corrected chi connectivity index (χ2v) is 2.34. The van der Waals surface area contributed by atoms with Gasteiger partial charge < -0.3 is 15.2 Å². The Morgan fingerprint density at radius 2 is 2.45 bits per heavy atom. The SMILES string of the molecule is COC(=O)[C@@H]1C[C@@H](O)C(=O)N1. The summed E-state index contributed by atoms with van der Waals surface area (Å²) in [7, 11) is 1.24. The molecule has 5 nitrogen and oxygen atoms in total. The normalized spacial score (nSPS) is 29.8. The molecule has 1 heterocycles. The van der Waals surface area contributed by atoms with Gasteiger partial charge in [-0.25, -0.2) is 4.79 Å². The van der Waals surface area contributed by atoms with E-state index < -0.39 is 24.0 Å². The van der Waals surface area contributed by atoms with Crippen LogP contribution >= 0.6 is 0 Å². The number of hydrogen-bond donors (Lipinski definition) is 2. The number of ether oxygens (including phenoxy) is 1. The summed E-state index contributed by atoms with van der Waals surface area (Å²) in [6.45, 7) is 0. The van der Waals surface area contributed by atoms with E-state index in [-0.39, 0.29) is 6.42 Å². The third kappa shape index (κ3) is 1.48. The fraction of sp³-hybridized carbons (Fsp3) is 0.667. The van der Waals surface area contributed by atoms with Gasteiger partial charge in [0, 0.05) is 6.42 Å². The number of amides is 1. The summed E-state index contributed by atoms with van der Waals surface area (Å²) in [4.78, 5) is 21.4. The molecule has 1 saturated heterocycles. The van der Waals surface area contributed by atoms with Crippen molar-refractivity contribution in [2.45, 2.75) is 18.6 Å². The molecular formula is C6H9NO4. The van der Waals surface area contributed by atoms with E-state index in [2.05, 4.69) is 10.1 Å². The number of nitrogens with one attached hydrogen (secondary N) is 1. The zero-order valence-corrected chi connectivity index (χ0v) is 6.03. The first-order chi connectivity index (χ1) is 5.15. The third-order valence-electron chi connectivity index (χ3n) is 1.56. The molecule has 1 aliphatic heterocycles. The van der Waals surface area contributed by atoms with E-state index in [1.54, 1.807) is 0 Å². The van der Waals surface area contributed by atoms with Crippen molar-refractivity contribution in [1.29, 1.82) is 0 Å². The van der Waals surface area contributed by atoms with E-state index in [1.165, 1.54) is 7.11 Å². The molecule has 0 radical (unpaired) electrons. The van der Waals surface area contributed by atoms with Crippen LogP contribution in [0.4, 0.5) is 0 Å². The van der Waals surface area contributed by atoms with Crippen LogP contribution in [0, 0.1) is 0 Å². The molecule has 62 valence electrons.